The molecule has 0 radical (unpaired) electrons. The molecule has 0 aliphatic carbocycles. The van der Waals surface area contributed by atoms with Crippen LogP contribution in [-0.2, 0) is 0 Å². The van der Waals surface area contributed by atoms with Crippen molar-refractivity contribution in [2.45, 2.75) is 0 Å². The highest BCUT2D eigenvalue weighted by Gasteiger charge is 2.10. The third kappa shape index (κ3) is 1.99. The van der Waals surface area contributed by atoms with Gasteiger partial charge >= 0.3 is 0 Å². The van der Waals surface area contributed by atoms with Crippen LogP contribution in [0.15, 0.2) is 36.4 Å². The number of aromatic hydroxyl groups is 1. The van der Waals surface area contributed by atoms with Crippen molar-refractivity contribution in [2.75, 3.05) is 0 Å². The molecule has 0 spiro atoms. The number of phenolic OH excluding ortho intramolecular Hbond substituents is 1. The molecule has 0 aliphatic heterocycles. The number of phenols is 1. The predicted molar refractivity (Wildman–Crippen MR) is 58.5 cm³/mol. The molecule has 82 valence electrons. The Labute approximate surface area is 95.9 Å². The molecule has 16 heavy (non-hydrogen) atoms. The lowest BCUT2D eigenvalue weighted by molar-refractivity contribution is 0.475. The summed E-state index contributed by atoms with van der Waals surface area (Å²) in [6.45, 7) is 0. The summed E-state index contributed by atoms with van der Waals surface area (Å²) < 4.78 is 26.0. The smallest absolute Gasteiger partial charge is 0.124 e. The minimum atomic E-state index is -0.520. The Kier molecular flexibility index (Phi) is 2.79. The second-order valence-corrected chi connectivity index (χ2v) is 3.69. The van der Waals surface area contributed by atoms with Crippen LogP contribution < -0.4 is 0 Å². The van der Waals surface area contributed by atoms with Crippen molar-refractivity contribution in [3.8, 4) is 16.9 Å². The monoisotopic (exact) mass is 240 g/mol. The normalized spacial score (nSPS) is 10.4. The van der Waals surface area contributed by atoms with E-state index >= 15 is 0 Å². The van der Waals surface area contributed by atoms with Crippen LogP contribution in [0.2, 0.25) is 5.02 Å². The third-order valence-electron chi connectivity index (χ3n) is 2.18. The molecule has 0 fully saturated rings. The average Bonchev–Trinajstić information content (AvgIpc) is 2.25. The molecule has 4 heteroatoms. The van der Waals surface area contributed by atoms with Crippen molar-refractivity contribution in [3.05, 3.63) is 53.1 Å². The lowest BCUT2D eigenvalue weighted by Gasteiger charge is -2.07. The summed E-state index contributed by atoms with van der Waals surface area (Å²) >= 11 is 5.85. The van der Waals surface area contributed by atoms with Crippen LogP contribution in [0.3, 0.4) is 0 Å². The van der Waals surface area contributed by atoms with E-state index in [1.54, 1.807) is 0 Å². The zero-order chi connectivity index (χ0) is 11.7. The van der Waals surface area contributed by atoms with E-state index in [2.05, 4.69) is 0 Å². The molecular weight excluding hydrogens is 234 g/mol. The van der Waals surface area contributed by atoms with Gasteiger partial charge in [-0.2, -0.15) is 0 Å². The minimum absolute atomic E-state index is 0.145. The van der Waals surface area contributed by atoms with Gasteiger partial charge in [-0.05, 0) is 36.4 Å². The predicted octanol–water partition coefficient (Wildman–Crippen LogP) is 3.99. The maximum Gasteiger partial charge on any atom is 0.124 e. The minimum Gasteiger partial charge on any atom is -0.507 e. The Morgan fingerprint density at radius 2 is 1.44 bits per heavy atom. The molecule has 2 rings (SSSR count). The fourth-order valence-corrected chi connectivity index (χ4v) is 1.65. The number of benzene rings is 2. The van der Waals surface area contributed by atoms with Gasteiger partial charge in [-0.15, -0.1) is 0 Å². The third-order valence-corrected chi connectivity index (χ3v) is 2.51. The van der Waals surface area contributed by atoms with E-state index in [0.717, 1.165) is 18.2 Å². The Hall–Kier alpha value is -1.61. The fraction of sp³-hybridized carbons (Fsp3) is 0. The molecule has 0 saturated heterocycles. The van der Waals surface area contributed by atoms with E-state index in [9.17, 15) is 13.9 Å². The fourth-order valence-electron chi connectivity index (χ4n) is 1.43. The second kappa shape index (κ2) is 4.10. The summed E-state index contributed by atoms with van der Waals surface area (Å²) in [7, 11) is 0. The van der Waals surface area contributed by atoms with Crippen LogP contribution in [0.5, 0.6) is 5.75 Å². The van der Waals surface area contributed by atoms with Crippen molar-refractivity contribution >= 4 is 11.6 Å². The maximum absolute atomic E-state index is 13.0. The molecule has 0 aromatic heterocycles. The van der Waals surface area contributed by atoms with Gasteiger partial charge in [0.1, 0.15) is 17.4 Å². The first-order valence-electron chi connectivity index (χ1n) is 4.52. The van der Waals surface area contributed by atoms with Crippen molar-refractivity contribution < 1.29 is 13.9 Å². The number of halogens is 3. The van der Waals surface area contributed by atoms with Gasteiger partial charge in [-0.1, -0.05) is 11.6 Å². The zero-order valence-electron chi connectivity index (χ0n) is 8.05. The molecule has 1 nitrogen and oxygen atoms in total. The highest BCUT2D eigenvalue weighted by atomic mass is 35.5. The van der Waals surface area contributed by atoms with Gasteiger partial charge in [-0.3, -0.25) is 0 Å². The van der Waals surface area contributed by atoms with Gasteiger partial charge < -0.3 is 5.11 Å². The van der Waals surface area contributed by atoms with Crippen molar-refractivity contribution in [1.82, 2.24) is 0 Å². The molecule has 0 saturated carbocycles. The molecule has 0 atom stereocenters. The summed E-state index contributed by atoms with van der Waals surface area (Å²) in [5.74, 6) is -1.16. The number of hydrogen-bond donors (Lipinski definition) is 1. The lowest BCUT2D eigenvalue weighted by atomic mass is 10.0. The second-order valence-electron chi connectivity index (χ2n) is 3.29. The molecule has 2 aromatic carbocycles. The van der Waals surface area contributed by atoms with Crippen LogP contribution in [0, 0.1) is 11.6 Å². The highest BCUT2D eigenvalue weighted by molar-refractivity contribution is 6.33. The molecular formula is C12H7ClF2O. The Morgan fingerprint density at radius 1 is 0.875 bits per heavy atom. The van der Waals surface area contributed by atoms with Gasteiger partial charge in [0.2, 0.25) is 0 Å². The summed E-state index contributed by atoms with van der Waals surface area (Å²) in [5, 5.41) is 9.81. The standard InChI is InChI=1S/C12H7ClF2O/c13-11-3-1-7(14)5-9(11)10-6-8(15)2-4-12(10)16/h1-6,16H. The summed E-state index contributed by atoms with van der Waals surface area (Å²) in [6.07, 6.45) is 0. The molecule has 0 bridgehead atoms. The summed E-state index contributed by atoms with van der Waals surface area (Å²) in [5.41, 5.74) is 0.433. The van der Waals surface area contributed by atoms with Crippen LogP contribution in [0.1, 0.15) is 0 Å². The van der Waals surface area contributed by atoms with Crippen molar-refractivity contribution in [2.24, 2.45) is 0 Å². The quantitative estimate of drug-likeness (QED) is 0.799. The first-order chi connectivity index (χ1) is 7.58. The maximum atomic E-state index is 13.0. The van der Waals surface area contributed by atoms with Gasteiger partial charge in [0.15, 0.2) is 0 Å². The molecule has 2 aromatic rings. The molecule has 0 unspecified atom stereocenters. The average molecular weight is 241 g/mol. The first-order valence-corrected chi connectivity index (χ1v) is 4.89. The van der Waals surface area contributed by atoms with Gasteiger partial charge in [0, 0.05) is 16.1 Å². The van der Waals surface area contributed by atoms with Crippen molar-refractivity contribution in [1.29, 1.82) is 0 Å². The SMILES string of the molecule is Oc1ccc(F)cc1-c1cc(F)ccc1Cl. The Bertz CT molecular complexity index is 491. The van der Waals surface area contributed by atoms with Crippen LogP contribution in [-0.4, -0.2) is 5.11 Å². The van der Waals surface area contributed by atoms with Crippen molar-refractivity contribution in [3.63, 3.8) is 0 Å². The Morgan fingerprint density at radius 3 is 2.12 bits per heavy atom. The molecule has 0 amide bonds. The zero-order valence-corrected chi connectivity index (χ0v) is 8.80. The molecule has 0 heterocycles. The van der Waals surface area contributed by atoms with Gasteiger partial charge in [0.25, 0.3) is 0 Å². The van der Waals surface area contributed by atoms with Crippen LogP contribution in [0.25, 0.3) is 11.1 Å². The number of hydrogen-bond acceptors (Lipinski definition) is 1. The van der Waals surface area contributed by atoms with Gasteiger partial charge in [0.05, 0.1) is 0 Å². The van der Waals surface area contributed by atoms with E-state index in [0.29, 0.717) is 0 Å². The molecule has 1 N–H and O–H groups in total. The van der Waals surface area contributed by atoms with Crippen LogP contribution in [0.4, 0.5) is 8.78 Å². The topological polar surface area (TPSA) is 20.2 Å². The summed E-state index contributed by atoms with van der Waals surface area (Å²) in [6, 6.07) is 7.13. The van der Waals surface area contributed by atoms with E-state index in [1.165, 1.54) is 18.2 Å². The van der Waals surface area contributed by atoms with E-state index in [1.807, 2.05) is 0 Å². The van der Waals surface area contributed by atoms with E-state index in [4.69, 9.17) is 11.6 Å². The Balaban J connectivity index is 2.66. The molecule has 0 aliphatic rings. The largest absolute Gasteiger partial charge is 0.507 e. The highest BCUT2D eigenvalue weighted by Crippen LogP contribution is 2.34. The first kappa shape index (κ1) is 10.9. The van der Waals surface area contributed by atoms with E-state index < -0.39 is 11.6 Å². The number of rotatable bonds is 1. The van der Waals surface area contributed by atoms with Crippen LogP contribution >= 0.6 is 11.6 Å². The summed E-state index contributed by atoms with van der Waals surface area (Å²) in [4.78, 5) is 0. The van der Waals surface area contributed by atoms with Gasteiger partial charge in [-0.25, -0.2) is 8.78 Å². The lowest BCUT2D eigenvalue weighted by Crippen LogP contribution is -1.85. The van der Waals surface area contributed by atoms with E-state index in [-0.39, 0.29) is 21.9 Å².